The highest BCUT2D eigenvalue weighted by Gasteiger charge is 2.36. The van der Waals surface area contributed by atoms with E-state index in [-0.39, 0.29) is 17.7 Å². The van der Waals surface area contributed by atoms with Crippen molar-refractivity contribution in [1.82, 2.24) is 24.7 Å². The molecule has 3 amide bonds. The third-order valence-corrected chi connectivity index (χ3v) is 5.68. The summed E-state index contributed by atoms with van der Waals surface area (Å²) in [6, 6.07) is 8.88. The molecule has 0 saturated carbocycles. The number of piperidine rings is 1. The van der Waals surface area contributed by atoms with Crippen molar-refractivity contribution in [3.63, 3.8) is 0 Å². The molecule has 8 heteroatoms. The number of aromatic nitrogens is 2. The minimum atomic E-state index is -0.610. The van der Waals surface area contributed by atoms with E-state index in [1.54, 1.807) is 14.7 Å². The SMILES string of the molecule is O=C(c1cnccn1)N1CCN(C(=O)C(c2ccccc2)N2CCCCC2=O)CC1. The Balaban J connectivity index is 1.48. The molecule has 0 radical (unpaired) electrons. The predicted octanol–water partition coefficient (Wildman–Crippen LogP) is 1.51. The highest BCUT2D eigenvalue weighted by Crippen LogP contribution is 2.28. The number of benzene rings is 1. The number of hydrogen-bond acceptors (Lipinski definition) is 5. The summed E-state index contributed by atoms with van der Waals surface area (Å²) < 4.78 is 0. The number of hydrogen-bond donors (Lipinski definition) is 0. The first kappa shape index (κ1) is 20.0. The smallest absolute Gasteiger partial charge is 0.274 e. The highest BCUT2D eigenvalue weighted by atomic mass is 16.2. The van der Waals surface area contributed by atoms with Gasteiger partial charge in [-0.25, -0.2) is 4.98 Å². The van der Waals surface area contributed by atoms with E-state index in [1.165, 1.54) is 18.6 Å². The summed E-state index contributed by atoms with van der Waals surface area (Å²) in [6.45, 7) is 2.30. The minimum absolute atomic E-state index is 0.0277. The quantitative estimate of drug-likeness (QED) is 0.767. The van der Waals surface area contributed by atoms with Crippen LogP contribution in [0.2, 0.25) is 0 Å². The summed E-state index contributed by atoms with van der Waals surface area (Å²) in [5.41, 5.74) is 1.13. The normalized spacial score (nSPS) is 18.3. The Morgan fingerprint density at radius 2 is 1.63 bits per heavy atom. The molecule has 1 aromatic carbocycles. The van der Waals surface area contributed by atoms with Crippen LogP contribution in [-0.2, 0) is 9.59 Å². The van der Waals surface area contributed by atoms with Gasteiger partial charge in [0.25, 0.3) is 5.91 Å². The molecule has 3 heterocycles. The first-order chi connectivity index (χ1) is 14.6. The van der Waals surface area contributed by atoms with Crippen molar-refractivity contribution in [2.24, 2.45) is 0 Å². The lowest BCUT2D eigenvalue weighted by Crippen LogP contribution is -2.54. The Hall–Kier alpha value is -3.29. The van der Waals surface area contributed by atoms with Gasteiger partial charge < -0.3 is 14.7 Å². The van der Waals surface area contributed by atoms with Crippen LogP contribution in [0.5, 0.6) is 0 Å². The number of carbonyl (C=O) groups excluding carboxylic acids is 3. The van der Waals surface area contributed by atoms with Crippen LogP contribution in [0.25, 0.3) is 0 Å². The molecule has 156 valence electrons. The van der Waals surface area contributed by atoms with Crippen molar-refractivity contribution < 1.29 is 14.4 Å². The highest BCUT2D eigenvalue weighted by molar-refractivity contribution is 5.92. The van der Waals surface area contributed by atoms with E-state index in [1.807, 2.05) is 30.3 Å². The Kier molecular flexibility index (Phi) is 6.02. The first-order valence-electron chi connectivity index (χ1n) is 10.3. The van der Waals surface area contributed by atoms with Crippen LogP contribution < -0.4 is 0 Å². The van der Waals surface area contributed by atoms with Gasteiger partial charge in [0.1, 0.15) is 11.7 Å². The lowest BCUT2D eigenvalue weighted by Gasteiger charge is -2.40. The molecule has 1 aromatic heterocycles. The molecule has 0 N–H and O–H groups in total. The summed E-state index contributed by atoms with van der Waals surface area (Å²) in [6.07, 6.45) is 6.73. The molecule has 1 unspecified atom stereocenters. The number of likely N-dealkylation sites (tertiary alicyclic amines) is 1. The molecular weight excluding hydrogens is 382 g/mol. The van der Waals surface area contributed by atoms with Crippen LogP contribution >= 0.6 is 0 Å². The monoisotopic (exact) mass is 407 g/mol. The van der Waals surface area contributed by atoms with Crippen molar-refractivity contribution >= 4 is 17.7 Å². The van der Waals surface area contributed by atoms with Crippen molar-refractivity contribution in [2.75, 3.05) is 32.7 Å². The summed E-state index contributed by atoms with van der Waals surface area (Å²) in [5.74, 6) is -0.232. The van der Waals surface area contributed by atoms with E-state index in [4.69, 9.17) is 0 Å². The molecule has 30 heavy (non-hydrogen) atoms. The molecule has 2 aliphatic heterocycles. The number of carbonyl (C=O) groups is 3. The van der Waals surface area contributed by atoms with E-state index >= 15 is 0 Å². The zero-order chi connectivity index (χ0) is 20.9. The predicted molar refractivity (Wildman–Crippen MR) is 109 cm³/mol. The van der Waals surface area contributed by atoms with Crippen LogP contribution in [0, 0.1) is 0 Å². The van der Waals surface area contributed by atoms with Gasteiger partial charge in [0, 0.05) is 51.5 Å². The molecule has 8 nitrogen and oxygen atoms in total. The molecule has 4 rings (SSSR count). The van der Waals surface area contributed by atoms with E-state index in [0.29, 0.717) is 44.8 Å². The molecule has 2 fully saturated rings. The van der Waals surface area contributed by atoms with Gasteiger partial charge in [-0.15, -0.1) is 0 Å². The molecule has 0 aliphatic carbocycles. The molecular formula is C22H25N5O3. The summed E-state index contributed by atoms with van der Waals surface area (Å²) in [7, 11) is 0. The fourth-order valence-corrected chi connectivity index (χ4v) is 4.07. The number of nitrogens with zero attached hydrogens (tertiary/aromatic N) is 5. The maximum absolute atomic E-state index is 13.5. The maximum Gasteiger partial charge on any atom is 0.274 e. The third-order valence-electron chi connectivity index (χ3n) is 5.68. The summed E-state index contributed by atoms with van der Waals surface area (Å²) in [4.78, 5) is 51.9. The summed E-state index contributed by atoms with van der Waals surface area (Å²) >= 11 is 0. The molecule has 2 saturated heterocycles. The maximum atomic E-state index is 13.5. The van der Waals surface area contributed by atoms with Crippen LogP contribution in [0.1, 0.15) is 41.4 Å². The minimum Gasteiger partial charge on any atom is -0.337 e. The molecule has 0 spiro atoms. The van der Waals surface area contributed by atoms with E-state index in [9.17, 15) is 14.4 Å². The molecule has 1 atom stereocenters. The van der Waals surface area contributed by atoms with Crippen LogP contribution in [0.15, 0.2) is 48.9 Å². The van der Waals surface area contributed by atoms with Crippen LogP contribution in [-0.4, -0.2) is 75.1 Å². The lowest BCUT2D eigenvalue weighted by atomic mass is 9.99. The van der Waals surface area contributed by atoms with E-state index < -0.39 is 6.04 Å². The first-order valence-corrected chi connectivity index (χ1v) is 10.3. The van der Waals surface area contributed by atoms with Gasteiger partial charge in [-0.3, -0.25) is 19.4 Å². The van der Waals surface area contributed by atoms with Crippen molar-refractivity contribution in [3.05, 3.63) is 60.2 Å². The van der Waals surface area contributed by atoms with Crippen molar-refractivity contribution in [1.29, 1.82) is 0 Å². The van der Waals surface area contributed by atoms with Crippen LogP contribution in [0.4, 0.5) is 0 Å². The van der Waals surface area contributed by atoms with Gasteiger partial charge in [0.05, 0.1) is 6.20 Å². The fraction of sp³-hybridized carbons (Fsp3) is 0.409. The Morgan fingerprint density at radius 3 is 2.30 bits per heavy atom. The van der Waals surface area contributed by atoms with Gasteiger partial charge in [-0.05, 0) is 18.4 Å². The van der Waals surface area contributed by atoms with Crippen molar-refractivity contribution in [3.8, 4) is 0 Å². The zero-order valence-electron chi connectivity index (χ0n) is 16.8. The lowest BCUT2D eigenvalue weighted by molar-refractivity contribution is -0.148. The number of amides is 3. The Bertz CT molecular complexity index is 898. The second-order valence-electron chi connectivity index (χ2n) is 7.57. The average molecular weight is 407 g/mol. The van der Waals surface area contributed by atoms with Gasteiger partial charge in [-0.2, -0.15) is 0 Å². The second kappa shape index (κ2) is 9.02. The van der Waals surface area contributed by atoms with Gasteiger partial charge >= 0.3 is 0 Å². The van der Waals surface area contributed by atoms with Gasteiger partial charge in [0.2, 0.25) is 11.8 Å². The molecule has 2 aliphatic rings. The zero-order valence-corrected chi connectivity index (χ0v) is 16.8. The van der Waals surface area contributed by atoms with E-state index in [0.717, 1.165) is 18.4 Å². The Labute approximate surface area is 175 Å². The Morgan fingerprint density at radius 1 is 0.900 bits per heavy atom. The summed E-state index contributed by atoms with van der Waals surface area (Å²) in [5, 5.41) is 0. The van der Waals surface area contributed by atoms with Crippen molar-refractivity contribution in [2.45, 2.75) is 25.3 Å². The number of rotatable bonds is 4. The van der Waals surface area contributed by atoms with Gasteiger partial charge in [0.15, 0.2) is 0 Å². The largest absolute Gasteiger partial charge is 0.337 e. The number of piperazine rings is 1. The molecule has 2 aromatic rings. The standard InChI is InChI=1S/C22H25N5O3/c28-19-8-4-5-11-27(19)20(17-6-2-1-3-7-17)22(30)26-14-12-25(13-15-26)21(29)18-16-23-9-10-24-18/h1-3,6-7,9-10,16,20H,4-5,8,11-15H2. The molecule has 0 bridgehead atoms. The fourth-order valence-electron chi connectivity index (χ4n) is 4.07. The topological polar surface area (TPSA) is 86.7 Å². The average Bonchev–Trinajstić information content (AvgIpc) is 2.81. The van der Waals surface area contributed by atoms with Gasteiger partial charge in [-0.1, -0.05) is 30.3 Å². The van der Waals surface area contributed by atoms with E-state index in [2.05, 4.69) is 9.97 Å². The van der Waals surface area contributed by atoms with Crippen LogP contribution in [0.3, 0.4) is 0 Å². The second-order valence-corrected chi connectivity index (χ2v) is 7.57. The third kappa shape index (κ3) is 4.17.